The van der Waals surface area contributed by atoms with E-state index in [4.69, 9.17) is 5.73 Å². The van der Waals surface area contributed by atoms with Crippen LogP contribution in [-0.4, -0.2) is 0 Å². The van der Waals surface area contributed by atoms with Gasteiger partial charge < -0.3 is 5.73 Å². The first-order chi connectivity index (χ1) is 7.97. The molecule has 0 aliphatic heterocycles. The standard InChI is InChI=1S/C12H10Br3NS/c1-6-2-7(4-8(13)3-6)11(16)9-5-10(14)17-12(9)15/h2-5,11H,16H2,1H3. The van der Waals surface area contributed by atoms with Crippen molar-refractivity contribution in [3.63, 3.8) is 0 Å². The number of hydrogen-bond donors (Lipinski definition) is 1. The molecule has 0 radical (unpaired) electrons. The van der Waals surface area contributed by atoms with Gasteiger partial charge in [-0.1, -0.05) is 22.0 Å². The molecule has 0 bridgehead atoms. The maximum Gasteiger partial charge on any atom is 0.0761 e. The third-order valence-corrected chi connectivity index (χ3v) is 5.29. The SMILES string of the molecule is Cc1cc(Br)cc(C(N)c2cc(Br)sc2Br)c1. The summed E-state index contributed by atoms with van der Waals surface area (Å²) in [4.78, 5) is 0. The quantitative estimate of drug-likeness (QED) is 0.666. The summed E-state index contributed by atoms with van der Waals surface area (Å²) in [5.74, 6) is 0. The zero-order valence-corrected chi connectivity index (χ0v) is 14.6. The van der Waals surface area contributed by atoms with Crippen LogP contribution in [0.2, 0.25) is 0 Å². The highest BCUT2D eigenvalue weighted by Crippen LogP contribution is 2.37. The highest BCUT2D eigenvalue weighted by Gasteiger charge is 2.15. The van der Waals surface area contributed by atoms with Crippen molar-refractivity contribution < 1.29 is 0 Å². The molecule has 2 rings (SSSR count). The molecule has 0 aliphatic carbocycles. The van der Waals surface area contributed by atoms with E-state index in [1.54, 1.807) is 11.3 Å². The van der Waals surface area contributed by atoms with Crippen LogP contribution in [0.4, 0.5) is 0 Å². The van der Waals surface area contributed by atoms with E-state index in [1.807, 2.05) is 0 Å². The molecule has 1 heterocycles. The van der Waals surface area contributed by atoms with Crippen LogP contribution in [0.3, 0.4) is 0 Å². The van der Waals surface area contributed by atoms with E-state index in [-0.39, 0.29) is 6.04 Å². The second kappa shape index (κ2) is 5.53. The molecule has 1 aromatic heterocycles. The molecule has 17 heavy (non-hydrogen) atoms. The van der Waals surface area contributed by atoms with Crippen molar-refractivity contribution in [2.75, 3.05) is 0 Å². The van der Waals surface area contributed by atoms with Gasteiger partial charge in [0, 0.05) is 4.47 Å². The predicted molar refractivity (Wildman–Crippen MR) is 84.6 cm³/mol. The van der Waals surface area contributed by atoms with Crippen molar-refractivity contribution in [2.45, 2.75) is 13.0 Å². The topological polar surface area (TPSA) is 26.0 Å². The van der Waals surface area contributed by atoms with E-state index >= 15 is 0 Å². The monoisotopic (exact) mass is 437 g/mol. The van der Waals surface area contributed by atoms with Gasteiger partial charge in [-0.15, -0.1) is 11.3 Å². The molecule has 2 N–H and O–H groups in total. The Balaban J connectivity index is 2.43. The summed E-state index contributed by atoms with van der Waals surface area (Å²) in [6.07, 6.45) is 0. The molecule has 1 unspecified atom stereocenters. The van der Waals surface area contributed by atoms with Gasteiger partial charge in [0.15, 0.2) is 0 Å². The Morgan fingerprint density at radius 1 is 1.12 bits per heavy atom. The van der Waals surface area contributed by atoms with Crippen molar-refractivity contribution >= 4 is 59.1 Å². The Labute approximate surface area is 130 Å². The van der Waals surface area contributed by atoms with E-state index in [2.05, 4.69) is 79.0 Å². The second-order valence-corrected chi connectivity index (χ2v) is 8.48. The Hall–Kier alpha value is 0.320. The maximum absolute atomic E-state index is 6.30. The van der Waals surface area contributed by atoms with Gasteiger partial charge in [0.1, 0.15) is 0 Å². The molecular formula is C12H10Br3NS. The molecule has 2 aromatic rings. The summed E-state index contributed by atoms with van der Waals surface area (Å²) in [6, 6.07) is 8.22. The van der Waals surface area contributed by atoms with Crippen LogP contribution in [0, 0.1) is 6.92 Å². The summed E-state index contributed by atoms with van der Waals surface area (Å²) in [6.45, 7) is 2.07. The number of thiophene rings is 1. The molecule has 5 heteroatoms. The summed E-state index contributed by atoms with van der Waals surface area (Å²) in [5, 5.41) is 0. The number of benzene rings is 1. The van der Waals surface area contributed by atoms with Crippen LogP contribution in [0.1, 0.15) is 22.7 Å². The summed E-state index contributed by atoms with van der Waals surface area (Å²) in [5.41, 5.74) is 9.73. The lowest BCUT2D eigenvalue weighted by atomic mass is 10.0. The highest BCUT2D eigenvalue weighted by atomic mass is 79.9. The average molecular weight is 440 g/mol. The lowest BCUT2D eigenvalue weighted by Gasteiger charge is -2.13. The van der Waals surface area contributed by atoms with Gasteiger partial charge >= 0.3 is 0 Å². The number of halogens is 3. The fourth-order valence-corrected chi connectivity index (χ4v) is 5.24. The number of hydrogen-bond acceptors (Lipinski definition) is 2. The normalized spacial score (nSPS) is 12.8. The first kappa shape index (κ1) is 13.7. The fourth-order valence-electron chi connectivity index (χ4n) is 1.69. The third kappa shape index (κ3) is 3.20. The van der Waals surface area contributed by atoms with Crippen LogP contribution < -0.4 is 5.73 Å². The molecule has 0 saturated heterocycles. The molecule has 0 amide bonds. The Kier molecular flexibility index (Phi) is 4.47. The van der Waals surface area contributed by atoms with E-state index in [9.17, 15) is 0 Å². The maximum atomic E-state index is 6.30. The van der Waals surface area contributed by atoms with Gasteiger partial charge in [-0.25, -0.2) is 0 Å². The Morgan fingerprint density at radius 2 is 1.82 bits per heavy atom. The van der Waals surface area contributed by atoms with Crippen LogP contribution in [0.5, 0.6) is 0 Å². The van der Waals surface area contributed by atoms with Crippen molar-refractivity contribution in [2.24, 2.45) is 5.73 Å². The molecule has 90 valence electrons. The van der Waals surface area contributed by atoms with Gasteiger partial charge in [-0.3, -0.25) is 0 Å². The van der Waals surface area contributed by atoms with Crippen LogP contribution in [0.25, 0.3) is 0 Å². The summed E-state index contributed by atoms with van der Waals surface area (Å²) in [7, 11) is 0. The van der Waals surface area contributed by atoms with Crippen LogP contribution in [0.15, 0.2) is 36.3 Å². The minimum Gasteiger partial charge on any atom is -0.320 e. The Bertz CT molecular complexity index is 530. The van der Waals surface area contributed by atoms with E-state index in [0.29, 0.717) is 0 Å². The average Bonchev–Trinajstić information content (AvgIpc) is 2.55. The van der Waals surface area contributed by atoms with Gasteiger partial charge in [-0.2, -0.15) is 0 Å². The van der Waals surface area contributed by atoms with Crippen molar-refractivity contribution in [1.29, 1.82) is 0 Å². The number of nitrogens with two attached hydrogens (primary N) is 1. The summed E-state index contributed by atoms with van der Waals surface area (Å²) < 4.78 is 3.23. The first-order valence-corrected chi connectivity index (χ1v) is 8.14. The molecule has 1 atom stereocenters. The number of aryl methyl sites for hydroxylation is 1. The Morgan fingerprint density at radius 3 is 2.35 bits per heavy atom. The van der Waals surface area contributed by atoms with Gasteiger partial charge in [-0.05, 0) is 73.7 Å². The lowest BCUT2D eigenvalue weighted by molar-refractivity contribution is 0.869. The van der Waals surface area contributed by atoms with Gasteiger partial charge in [0.05, 0.1) is 13.6 Å². The molecule has 1 aromatic carbocycles. The third-order valence-electron chi connectivity index (χ3n) is 2.44. The summed E-state index contributed by atoms with van der Waals surface area (Å²) >= 11 is 12.2. The molecular weight excluding hydrogens is 430 g/mol. The molecule has 0 fully saturated rings. The molecule has 0 spiro atoms. The smallest absolute Gasteiger partial charge is 0.0761 e. The van der Waals surface area contributed by atoms with Crippen molar-refractivity contribution in [3.8, 4) is 0 Å². The zero-order valence-electron chi connectivity index (χ0n) is 9.01. The second-order valence-electron chi connectivity index (χ2n) is 3.82. The van der Waals surface area contributed by atoms with Crippen molar-refractivity contribution in [3.05, 3.63) is 53.0 Å². The minimum atomic E-state index is -0.108. The highest BCUT2D eigenvalue weighted by molar-refractivity contribution is 9.12. The van der Waals surface area contributed by atoms with Crippen LogP contribution >= 0.6 is 59.1 Å². The minimum absolute atomic E-state index is 0.108. The van der Waals surface area contributed by atoms with Crippen LogP contribution in [-0.2, 0) is 0 Å². The molecule has 0 aliphatic rings. The van der Waals surface area contributed by atoms with E-state index < -0.39 is 0 Å². The zero-order chi connectivity index (χ0) is 12.6. The lowest BCUT2D eigenvalue weighted by Crippen LogP contribution is -2.11. The first-order valence-electron chi connectivity index (χ1n) is 4.95. The van der Waals surface area contributed by atoms with E-state index in [1.165, 1.54) is 5.56 Å². The van der Waals surface area contributed by atoms with Gasteiger partial charge in [0.25, 0.3) is 0 Å². The van der Waals surface area contributed by atoms with Gasteiger partial charge in [0.2, 0.25) is 0 Å². The number of rotatable bonds is 2. The predicted octanol–water partition coefficient (Wildman–Crippen LogP) is 5.39. The van der Waals surface area contributed by atoms with E-state index in [0.717, 1.165) is 23.2 Å². The fraction of sp³-hybridized carbons (Fsp3) is 0.167. The molecule has 0 saturated carbocycles. The van der Waals surface area contributed by atoms with Crippen molar-refractivity contribution in [1.82, 2.24) is 0 Å². The molecule has 1 nitrogen and oxygen atoms in total. The largest absolute Gasteiger partial charge is 0.320 e.